The van der Waals surface area contributed by atoms with Crippen molar-refractivity contribution in [1.29, 1.82) is 0 Å². The van der Waals surface area contributed by atoms with Gasteiger partial charge in [-0.2, -0.15) is 0 Å². The summed E-state index contributed by atoms with van der Waals surface area (Å²) >= 11 is 0. The minimum absolute atomic E-state index is 0. The van der Waals surface area contributed by atoms with Gasteiger partial charge in [-0.15, -0.1) is 17.5 Å². The maximum absolute atomic E-state index is 13.0. The number of piperidine rings is 1. The van der Waals surface area contributed by atoms with Crippen molar-refractivity contribution in [2.45, 2.75) is 31.8 Å². The summed E-state index contributed by atoms with van der Waals surface area (Å²) in [5.41, 5.74) is 6.52. The standard InChI is InChI=1S/C18H24N6O2.ClH/c1-13(14-5-3-2-4-6-14)23(12-17(19)25)18(26)16-11-24(22-21-16)15-7-9-20-10-8-15;/h2-6,11,13,15,20H,7-10,12H2,1H3,(H2,19,25);1H/t13-;/m1./s1. The smallest absolute Gasteiger partial charge is 0.277 e. The molecule has 1 aliphatic heterocycles. The number of aromatic nitrogens is 3. The average Bonchev–Trinajstić information content (AvgIpc) is 3.16. The number of rotatable bonds is 6. The number of amides is 2. The molecule has 0 aliphatic carbocycles. The number of carbonyl (C=O) groups is 2. The van der Waals surface area contributed by atoms with Crippen molar-refractivity contribution in [3.8, 4) is 0 Å². The zero-order valence-corrected chi connectivity index (χ0v) is 16.1. The summed E-state index contributed by atoms with van der Waals surface area (Å²) in [5.74, 6) is -0.910. The minimum atomic E-state index is -0.563. The van der Waals surface area contributed by atoms with E-state index in [1.54, 1.807) is 10.9 Å². The molecule has 2 aromatic rings. The van der Waals surface area contributed by atoms with Crippen molar-refractivity contribution in [2.24, 2.45) is 5.73 Å². The zero-order valence-electron chi connectivity index (χ0n) is 15.2. The normalized spacial score (nSPS) is 15.6. The molecule has 0 spiro atoms. The van der Waals surface area contributed by atoms with E-state index in [0.29, 0.717) is 0 Å². The van der Waals surface area contributed by atoms with Gasteiger partial charge in [0.2, 0.25) is 5.91 Å². The first-order chi connectivity index (χ1) is 12.6. The Morgan fingerprint density at radius 3 is 2.59 bits per heavy atom. The van der Waals surface area contributed by atoms with Crippen molar-refractivity contribution in [3.05, 3.63) is 47.8 Å². The molecule has 3 rings (SSSR count). The maximum Gasteiger partial charge on any atom is 0.277 e. The lowest BCUT2D eigenvalue weighted by molar-refractivity contribution is -0.119. The predicted octanol–water partition coefficient (Wildman–Crippen LogP) is 1.31. The molecule has 2 amide bonds. The monoisotopic (exact) mass is 392 g/mol. The van der Waals surface area contributed by atoms with Crippen LogP contribution in [0.25, 0.3) is 0 Å². The second kappa shape index (κ2) is 9.48. The van der Waals surface area contributed by atoms with E-state index in [4.69, 9.17) is 5.73 Å². The zero-order chi connectivity index (χ0) is 18.5. The molecule has 1 atom stereocenters. The SMILES string of the molecule is C[C@H](c1ccccc1)N(CC(N)=O)C(=O)c1cn(C2CCNCC2)nn1.Cl. The van der Waals surface area contributed by atoms with E-state index in [1.807, 2.05) is 37.3 Å². The van der Waals surface area contributed by atoms with Gasteiger partial charge in [-0.05, 0) is 38.4 Å². The van der Waals surface area contributed by atoms with E-state index >= 15 is 0 Å². The summed E-state index contributed by atoms with van der Waals surface area (Å²) in [4.78, 5) is 25.9. The van der Waals surface area contributed by atoms with Crippen LogP contribution in [-0.2, 0) is 4.79 Å². The molecular formula is C18H25ClN6O2. The average molecular weight is 393 g/mol. The Kier molecular flexibility index (Phi) is 7.32. The van der Waals surface area contributed by atoms with Crippen molar-refractivity contribution in [2.75, 3.05) is 19.6 Å². The summed E-state index contributed by atoms with van der Waals surface area (Å²) in [5, 5.41) is 11.5. The van der Waals surface area contributed by atoms with E-state index in [-0.39, 0.29) is 42.6 Å². The first-order valence-corrected chi connectivity index (χ1v) is 8.83. The summed E-state index contributed by atoms with van der Waals surface area (Å²) in [7, 11) is 0. The molecule has 0 unspecified atom stereocenters. The highest BCUT2D eigenvalue weighted by Crippen LogP contribution is 2.22. The van der Waals surface area contributed by atoms with Crippen LogP contribution in [0.4, 0.5) is 0 Å². The molecule has 8 nitrogen and oxygen atoms in total. The van der Waals surface area contributed by atoms with E-state index in [2.05, 4.69) is 15.6 Å². The minimum Gasteiger partial charge on any atom is -0.368 e. The molecule has 1 fully saturated rings. The number of nitrogens with zero attached hydrogens (tertiary/aromatic N) is 4. The Hall–Kier alpha value is -2.45. The number of carbonyl (C=O) groups excluding carboxylic acids is 2. The lowest BCUT2D eigenvalue weighted by Gasteiger charge is -2.27. The van der Waals surface area contributed by atoms with Gasteiger partial charge in [0.1, 0.15) is 6.54 Å². The van der Waals surface area contributed by atoms with Gasteiger partial charge in [0, 0.05) is 0 Å². The Morgan fingerprint density at radius 1 is 1.30 bits per heavy atom. The third-order valence-corrected chi connectivity index (χ3v) is 4.75. The van der Waals surface area contributed by atoms with Crippen LogP contribution in [0.5, 0.6) is 0 Å². The molecule has 1 aromatic heterocycles. The third kappa shape index (κ3) is 5.05. The number of primary amides is 1. The molecule has 1 saturated heterocycles. The first-order valence-electron chi connectivity index (χ1n) is 8.83. The van der Waals surface area contributed by atoms with Crippen LogP contribution >= 0.6 is 12.4 Å². The van der Waals surface area contributed by atoms with Crippen molar-refractivity contribution in [3.63, 3.8) is 0 Å². The van der Waals surface area contributed by atoms with E-state index < -0.39 is 5.91 Å². The van der Waals surface area contributed by atoms with Crippen LogP contribution < -0.4 is 11.1 Å². The second-order valence-corrected chi connectivity index (χ2v) is 6.55. The highest BCUT2D eigenvalue weighted by molar-refractivity contribution is 5.94. The Balaban J connectivity index is 0.00000261. The number of benzene rings is 1. The largest absolute Gasteiger partial charge is 0.368 e. The van der Waals surface area contributed by atoms with Crippen molar-refractivity contribution in [1.82, 2.24) is 25.2 Å². The van der Waals surface area contributed by atoms with Gasteiger partial charge in [-0.25, -0.2) is 4.68 Å². The Morgan fingerprint density at radius 2 is 1.96 bits per heavy atom. The van der Waals surface area contributed by atoms with Crippen LogP contribution in [0.1, 0.15) is 47.9 Å². The molecule has 27 heavy (non-hydrogen) atoms. The summed E-state index contributed by atoms with van der Waals surface area (Å²) in [6.45, 7) is 3.54. The van der Waals surface area contributed by atoms with Crippen LogP contribution in [0.2, 0.25) is 0 Å². The summed E-state index contributed by atoms with van der Waals surface area (Å²) in [6.07, 6.45) is 3.56. The Bertz CT molecular complexity index is 760. The van der Waals surface area contributed by atoms with Crippen LogP contribution in [0, 0.1) is 0 Å². The lowest BCUT2D eigenvalue weighted by Crippen LogP contribution is -2.40. The molecule has 9 heteroatoms. The number of nitrogens with one attached hydrogen (secondary N) is 1. The van der Waals surface area contributed by atoms with E-state index in [9.17, 15) is 9.59 Å². The van der Waals surface area contributed by atoms with Gasteiger partial charge in [0.15, 0.2) is 5.69 Å². The molecule has 0 radical (unpaired) electrons. The van der Waals surface area contributed by atoms with Gasteiger partial charge < -0.3 is 16.0 Å². The van der Waals surface area contributed by atoms with Gasteiger partial charge >= 0.3 is 0 Å². The molecule has 1 aliphatic rings. The summed E-state index contributed by atoms with van der Waals surface area (Å²) in [6, 6.07) is 9.45. The maximum atomic E-state index is 13.0. The molecule has 146 valence electrons. The third-order valence-electron chi connectivity index (χ3n) is 4.75. The van der Waals surface area contributed by atoms with Crippen LogP contribution in [-0.4, -0.2) is 51.3 Å². The molecular weight excluding hydrogens is 368 g/mol. The van der Waals surface area contributed by atoms with Crippen molar-refractivity contribution < 1.29 is 9.59 Å². The fourth-order valence-corrected chi connectivity index (χ4v) is 3.24. The number of hydrogen-bond donors (Lipinski definition) is 2. The molecule has 3 N–H and O–H groups in total. The number of nitrogens with two attached hydrogens (primary N) is 1. The fraction of sp³-hybridized carbons (Fsp3) is 0.444. The van der Waals surface area contributed by atoms with Crippen LogP contribution in [0.3, 0.4) is 0 Å². The summed E-state index contributed by atoms with van der Waals surface area (Å²) < 4.78 is 1.75. The van der Waals surface area contributed by atoms with Gasteiger partial charge in [0.25, 0.3) is 5.91 Å². The predicted molar refractivity (Wildman–Crippen MR) is 103 cm³/mol. The highest BCUT2D eigenvalue weighted by Gasteiger charge is 2.27. The quantitative estimate of drug-likeness (QED) is 0.770. The van der Waals surface area contributed by atoms with Crippen molar-refractivity contribution >= 4 is 24.2 Å². The number of halogens is 1. The topological polar surface area (TPSA) is 106 Å². The molecule has 2 heterocycles. The van der Waals surface area contributed by atoms with E-state index in [1.165, 1.54) is 4.90 Å². The van der Waals surface area contributed by atoms with E-state index in [0.717, 1.165) is 31.5 Å². The molecule has 1 aromatic carbocycles. The van der Waals surface area contributed by atoms with Crippen LogP contribution in [0.15, 0.2) is 36.5 Å². The number of hydrogen-bond acceptors (Lipinski definition) is 5. The van der Waals surface area contributed by atoms with Gasteiger partial charge in [-0.3, -0.25) is 9.59 Å². The van der Waals surface area contributed by atoms with Gasteiger partial charge in [-0.1, -0.05) is 35.5 Å². The Labute approximate surface area is 164 Å². The molecule has 0 saturated carbocycles. The fourth-order valence-electron chi connectivity index (χ4n) is 3.24. The highest BCUT2D eigenvalue weighted by atomic mass is 35.5. The second-order valence-electron chi connectivity index (χ2n) is 6.55. The lowest BCUT2D eigenvalue weighted by atomic mass is 10.1. The first kappa shape index (κ1) is 20.9. The van der Waals surface area contributed by atoms with Gasteiger partial charge in [0.05, 0.1) is 18.3 Å². The molecule has 0 bridgehead atoms.